The number of allylic oxidation sites excluding steroid dienone is 1. The second-order valence-electron chi connectivity index (χ2n) is 8.47. The molecule has 7 heteroatoms. The summed E-state index contributed by atoms with van der Waals surface area (Å²) in [6, 6.07) is 9.40. The normalized spacial score (nSPS) is 16.0. The molecule has 1 fully saturated rings. The third-order valence-electron chi connectivity index (χ3n) is 5.98. The van der Waals surface area contributed by atoms with E-state index in [4.69, 9.17) is 4.74 Å². The first kappa shape index (κ1) is 24.6. The molecule has 1 amide bonds. The third-order valence-corrected chi connectivity index (χ3v) is 5.98. The number of alkyl halides is 2. The van der Waals surface area contributed by atoms with Gasteiger partial charge in [-0.15, -0.1) is 0 Å². The van der Waals surface area contributed by atoms with Crippen LogP contribution in [0, 0.1) is 5.92 Å². The minimum absolute atomic E-state index is 0.0474. The average molecular weight is 457 g/mol. The maximum atomic E-state index is 13.4. The molecule has 3 rings (SSSR count). The molecule has 0 atom stereocenters. The van der Waals surface area contributed by atoms with Gasteiger partial charge in [-0.3, -0.25) is 9.59 Å². The Kier molecular flexibility index (Phi) is 8.31. The van der Waals surface area contributed by atoms with Crippen LogP contribution >= 0.6 is 0 Å². The molecule has 176 valence electrons. The van der Waals surface area contributed by atoms with Crippen molar-refractivity contribution in [3.05, 3.63) is 64.9 Å². The Balaban J connectivity index is 1.64. The van der Waals surface area contributed by atoms with Gasteiger partial charge in [0.15, 0.2) is 5.78 Å². The summed E-state index contributed by atoms with van der Waals surface area (Å²) in [6.07, 6.45) is 7.08. The summed E-state index contributed by atoms with van der Waals surface area (Å²) in [5, 5.41) is 2.60. The Morgan fingerprint density at radius 3 is 2.64 bits per heavy atom. The highest BCUT2D eigenvalue weighted by Crippen LogP contribution is 2.37. The third kappa shape index (κ3) is 7.20. The molecule has 0 unspecified atom stereocenters. The topological polar surface area (TPSA) is 68.3 Å². The summed E-state index contributed by atoms with van der Waals surface area (Å²) in [5.74, 6) is -2.19. The zero-order valence-electron chi connectivity index (χ0n) is 19.1. The van der Waals surface area contributed by atoms with Crippen LogP contribution in [0.4, 0.5) is 8.78 Å². The highest BCUT2D eigenvalue weighted by atomic mass is 19.3. The Hall–Kier alpha value is -3.09. The van der Waals surface area contributed by atoms with Gasteiger partial charge in [0.2, 0.25) is 17.7 Å². The van der Waals surface area contributed by atoms with E-state index < -0.39 is 5.92 Å². The Labute approximate surface area is 193 Å². The smallest absolute Gasteiger partial charge is 0.248 e. The summed E-state index contributed by atoms with van der Waals surface area (Å²) in [7, 11) is 3.11. The molecule has 0 saturated heterocycles. The quantitative estimate of drug-likeness (QED) is 0.537. The first-order chi connectivity index (χ1) is 15.8. The van der Waals surface area contributed by atoms with E-state index in [0.717, 1.165) is 11.1 Å². The zero-order valence-corrected chi connectivity index (χ0v) is 19.1. The van der Waals surface area contributed by atoms with E-state index in [2.05, 4.69) is 10.3 Å². The Morgan fingerprint density at radius 2 is 1.94 bits per heavy atom. The molecule has 1 aromatic carbocycles. The number of carbonyl (C=O) groups is 2. The number of hydrogen-bond acceptors (Lipinski definition) is 4. The number of ether oxygens (including phenoxy) is 1. The summed E-state index contributed by atoms with van der Waals surface area (Å²) < 4.78 is 32.1. The van der Waals surface area contributed by atoms with E-state index >= 15 is 0 Å². The summed E-state index contributed by atoms with van der Waals surface area (Å²) in [6.45, 7) is 0. The SMILES string of the molecule is CNC(=O)Cc1cccc(CCC(=O)c2cnc(OC)c(/C=C/C3CCC(F)(F)CC3)c2)c1. The van der Waals surface area contributed by atoms with Gasteiger partial charge < -0.3 is 10.1 Å². The number of likely N-dealkylation sites (N-methyl/N-ethyl adjacent to an activating group) is 1. The number of amides is 1. The number of aryl methyl sites for hydroxylation is 1. The van der Waals surface area contributed by atoms with Crippen LogP contribution in [0.25, 0.3) is 6.08 Å². The number of nitrogens with zero attached hydrogens (tertiary/aromatic N) is 1. The van der Waals surface area contributed by atoms with Crippen molar-refractivity contribution in [3.63, 3.8) is 0 Å². The number of pyridine rings is 1. The van der Waals surface area contributed by atoms with Crippen molar-refractivity contribution in [3.8, 4) is 5.88 Å². The molecule has 0 spiro atoms. The molecule has 1 aromatic heterocycles. The van der Waals surface area contributed by atoms with E-state index in [-0.39, 0.29) is 30.4 Å². The second kappa shape index (κ2) is 11.2. The summed E-state index contributed by atoms with van der Waals surface area (Å²) >= 11 is 0. The van der Waals surface area contributed by atoms with Gasteiger partial charge in [-0.2, -0.15) is 0 Å². The van der Waals surface area contributed by atoms with Crippen LogP contribution in [-0.4, -0.2) is 36.8 Å². The number of methoxy groups -OCH3 is 1. The molecule has 0 bridgehead atoms. The fraction of sp³-hybridized carbons (Fsp3) is 0.423. The Bertz CT molecular complexity index is 1010. The predicted octanol–water partition coefficient (Wildman–Crippen LogP) is 5.03. The highest BCUT2D eigenvalue weighted by molar-refractivity contribution is 5.96. The molecule has 33 heavy (non-hydrogen) atoms. The standard InChI is InChI=1S/C26H30F2N2O3/c1-29-24(32)15-20-5-3-4-19(14-20)7-9-23(31)22-16-21(25(33-2)30-17-22)8-6-18-10-12-26(27,28)13-11-18/h3-6,8,14,16-18H,7,9-13,15H2,1-2H3,(H,29,32)/b8-6+. The molecule has 1 aliphatic rings. The van der Waals surface area contributed by atoms with E-state index in [0.29, 0.717) is 49.1 Å². The lowest BCUT2D eigenvalue weighted by atomic mass is 9.86. The molecular weight excluding hydrogens is 426 g/mol. The fourth-order valence-corrected chi connectivity index (χ4v) is 3.98. The van der Waals surface area contributed by atoms with Gasteiger partial charge in [0.05, 0.1) is 13.5 Å². The van der Waals surface area contributed by atoms with Crippen molar-refractivity contribution in [1.29, 1.82) is 0 Å². The minimum Gasteiger partial charge on any atom is -0.481 e. The lowest BCUT2D eigenvalue weighted by molar-refractivity contribution is -0.119. The Morgan fingerprint density at radius 1 is 1.21 bits per heavy atom. The van der Waals surface area contributed by atoms with Gasteiger partial charge in [0.1, 0.15) is 0 Å². The first-order valence-corrected chi connectivity index (χ1v) is 11.2. The summed E-state index contributed by atoms with van der Waals surface area (Å²) in [5.41, 5.74) is 3.03. The predicted molar refractivity (Wildman–Crippen MR) is 124 cm³/mol. The van der Waals surface area contributed by atoms with E-state index in [1.807, 2.05) is 36.4 Å². The number of rotatable bonds is 9. The number of benzene rings is 1. The molecule has 0 radical (unpaired) electrons. The number of hydrogen-bond donors (Lipinski definition) is 1. The van der Waals surface area contributed by atoms with E-state index in [1.54, 1.807) is 13.1 Å². The van der Waals surface area contributed by atoms with Crippen LogP contribution in [0.1, 0.15) is 59.2 Å². The van der Waals surface area contributed by atoms with Gasteiger partial charge >= 0.3 is 0 Å². The lowest BCUT2D eigenvalue weighted by Crippen LogP contribution is -2.23. The van der Waals surface area contributed by atoms with Gasteiger partial charge in [0, 0.05) is 43.6 Å². The number of Topliss-reactive ketones (excluding diaryl/α,β-unsaturated/α-hetero) is 1. The minimum atomic E-state index is -2.56. The largest absolute Gasteiger partial charge is 0.481 e. The van der Waals surface area contributed by atoms with Crippen molar-refractivity contribution < 1.29 is 23.1 Å². The van der Waals surface area contributed by atoms with Gasteiger partial charge in [0.25, 0.3) is 0 Å². The van der Waals surface area contributed by atoms with Gasteiger partial charge in [-0.05, 0) is 42.4 Å². The van der Waals surface area contributed by atoms with Crippen molar-refractivity contribution in [2.45, 2.75) is 50.9 Å². The second-order valence-corrected chi connectivity index (χ2v) is 8.47. The van der Waals surface area contributed by atoms with E-state index in [1.165, 1.54) is 13.3 Å². The van der Waals surface area contributed by atoms with Crippen molar-refractivity contribution in [2.24, 2.45) is 5.92 Å². The summed E-state index contributed by atoms with van der Waals surface area (Å²) in [4.78, 5) is 28.7. The van der Waals surface area contributed by atoms with Crippen molar-refractivity contribution in [2.75, 3.05) is 14.2 Å². The van der Waals surface area contributed by atoms with Crippen molar-refractivity contribution >= 4 is 17.8 Å². The molecular formula is C26H30F2N2O3. The molecule has 1 aliphatic carbocycles. The zero-order chi connectivity index (χ0) is 23.8. The maximum Gasteiger partial charge on any atom is 0.248 e. The number of halogens is 2. The number of carbonyl (C=O) groups excluding carboxylic acids is 2. The molecule has 5 nitrogen and oxygen atoms in total. The fourth-order valence-electron chi connectivity index (χ4n) is 3.98. The van der Waals surface area contributed by atoms with E-state index in [9.17, 15) is 18.4 Å². The lowest BCUT2D eigenvalue weighted by Gasteiger charge is -2.26. The monoisotopic (exact) mass is 456 g/mol. The molecule has 1 saturated carbocycles. The number of aromatic nitrogens is 1. The van der Waals surface area contributed by atoms with Crippen LogP contribution < -0.4 is 10.1 Å². The van der Waals surface area contributed by atoms with Crippen LogP contribution in [0.3, 0.4) is 0 Å². The van der Waals surface area contributed by atoms with Crippen LogP contribution in [0.5, 0.6) is 5.88 Å². The number of ketones is 1. The number of nitrogens with one attached hydrogen (secondary N) is 1. The average Bonchev–Trinajstić information content (AvgIpc) is 2.81. The molecule has 0 aliphatic heterocycles. The molecule has 1 heterocycles. The van der Waals surface area contributed by atoms with Gasteiger partial charge in [-0.25, -0.2) is 13.8 Å². The van der Waals surface area contributed by atoms with Gasteiger partial charge in [-0.1, -0.05) is 36.4 Å². The molecule has 1 N–H and O–H groups in total. The van der Waals surface area contributed by atoms with Crippen LogP contribution in [-0.2, 0) is 17.6 Å². The first-order valence-electron chi connectivity index (χ1n) is 11.2. The maximum absolute atomic E-state index is 13.4. The van der Waals surface area contributed by atoms with Crippen LogP contribution in [0.15, 0.2) is 42.6 Å². The van der Waals surface area contributed by atoms with Crippen LogP contribution in [0.2, 0.25) is 0 Å². The van der Waals surface area contributed by atoms with Crippen molar-refractivity contribution in [1.82, 2.24) is 10.3 Å². The highest BCUT2D eigenvalue weighted by Gasteiger charge is 2.33. The molecule has 2 aromatic rings.